The second-order valence-corrected chi connectivity index (χ2v) is 4.51. The second-order valence-electron chi connectivity index (χ2n) is 4.51. The first-order valence-electron chi connectivity index (χ1n) is 5.11. The van der Waals surface area contributed by atoms with E-state index in [4.69, 9.17) is 20.4 Å². The highest BCUT2D eigenvalue weighted by Crippen LogP contribution is 2.45. The van der Waals surface area contributed by atoms with E-state index in [0.29, 0.717) is 0 Å². The van der Waals surface area contributed by atoms with Gasteiger partial charge in [0, 0.05) is 5.41 Å². The van der Waals surface area contributed by atoms with Gasteiger partial charge in [-0.2, -0.15) is 0 Å². The summed E-state index contributed by atoms with van der Waals surface area (Å²) in [5, 5.41) is 36.2. The summed E-state index contributed by atoms with van der Waals surface area (Å²) in [6, 6.07) is 0. The summed E-state index contributed by atoms with van der Waals surface area (Å²) in [4.78, 5) is 22.0. The predicted molar refractivity (Wildman–Crippen MR) is 52.8 cm³/mol. The highest BCUT2D eigenvalue weighted by atomic mass is 16.4. The van der Waals surface area contributed by atoms with Crippen LogP contribution in [0.25, 0.3) is 0 Å². The third-order valence-corrected chi connectivity index (χ3v) is 3.65. The zero-order valence-corrected chi connectivity index (χ0v) is 8.85. The molecular weight excluding hydrogens is 216 g/mol. The zero-order valence-electron chi connectivity index (χ0n) is 8.85. The number of rotatable bonds is 4. The maximum Gasteiger partial charge on any atom is 0.321 e. The molecular formula is C10H16O6. The minimum atomic E-state index is -1.76. The molecule has 6 heteroatoms. The van der Waals surface area contributed by atoms with Crippen LogP contribution in [0, 0.1) is 10.8 Å². The molecule has 0 aromatic carbocycles. The molecule has 1 fully saturated rings. The summed E-state index contributed by atoms with van der Waals surface area (Å²) >= 11 is 0. The fraction of sp³-hybridized carbons (Fsp3) is 0.800. The standard InChI is InChI=1S/C10H16O6/c11-5-9(6-12)1-3-10(4-2-9,7(13)14)8(15)16/h11-12H,1-6H2,(H,13,14)(H,15,16). The van der Waals surface area contributed by atoms with Crippen molar-refractivity contribution in [2.75, 3.05) is 13.2 Å². The summed E-state index contributed by atoms with van der Waals surface area (Å²) in [7, 11) is 0. The average molecular weight is 232 g/mol. The van der Waals surface area contributed by atoms with Crippen molar-refractivity contribution in [3.8, 4) is 0 Å². The lowest BCUT2D eigenvalue weighted by Crippen LogP contribution is -2.47. The normalized spacial score (nSPS) is 22.6. The Labute approximate surface area is 92.5 Å². The molecule has 0 unspecified atom stereocenters. The molecule has 16 heavy (non-hydrogen) atoms. The van der Waals surface area contributed by atoms with Crippen LogP contribution in [0.4, 0.5) is 0 Å². The summed E-state index contributed by atoms with van der Waals surface area (Å²) < 4.78 is 0. The Balaban J connectivity index is 2.86. The van der Waals surface area contributed by atoms with Crippen molar-refractivity contribution in [2.45, 2.75) is 25.7 Å². The Hall–Kier alpha value is -1.14. The Morgan fingerprint density at radius 2 is 1.25 bits per heavy atom. The molecule has 0 bridgehead atoms. The number of aliphatic hydroxyl groups excluding tert-OH is 2. The fourth-order valence-corrected chi connectivity index (χ4v) is 2.09. The molecule has 6 nitrogen and oxygen atoms in total. The van der Waals surface area contributed by atoms with E-state index in [2.05, 4.69) is 0 Å². The van der Waals surface area contributed by atoms with E-state index in [1.165, 1.54) is 0 Å². The first kappa shape index (κ1) is 12.9. The van der Waals surface area contributed by atoms with Gasteiger partial charge in [-0.1, -0.05) is 0 Å². The van der Waals surface area contributed by atoms with E-state index >= 15 is 0 Å². The number of aliphatic carboxylic acids is 2. The highest BCUT2D eigenvalue weighted by Gasteiger charge is 2.52. The number of carboxylic acid groups (broad SMARTS) is 2. The molecule has 0 saturated heterocycles. The molecule has 0 aromatic rings. The first-order valence-corrected chi connectivity index (χ1v) is 5.11. The Kier molecular flexibility index (Phi) is 3.54. The second kappa shape index (κ2) is 4.39. The van der Waals surface area contributed by atoms with Crippen LogP contribution in [0.2, 0.25) is 0 Å². The molecule has 1 aliphatic rings. The molecule has 0 spiro atoms. The third kappa shape index (κ3) is 1.90. The molecule has 1 aliphatic carbocycles. The Morgan fingerprint density at radius 3 is 1.50 bits per heavy atom. The summed E-state index contributed by atoms with van der Waals surface area (Å²) in [5.41, 5.74) is -2.48. The van der Waals surface area contributed by atoms with Gasteiger partial charge in [-0.05, 0) is 25.7 Å². The molecule has 0 radical (unpaired) electrons. The largest absolute Gasteiger partial charge is 0.480 e. The van der Waals surface area contributed by atoms with E-state index in [-0.39, 0.29) is 38.9 Å². The molecule has 1 rings (SSSR count). The van der Waals surface area contributed by atoms with Gasteiger partial charge in [0.2, 0.25) is 0 Å². The summed E-state index contributed by atoms with van der Waals surface area (Å²) in [6.07, 6.45) is 0.300. The van der Waals surface area contributed by atoms with E-state index in [9.17, 15) is 9.59 Å². The summed E-state index contributed by atoms with van der Waals surface area (Å²) in [6.45, 7) is -0.502. The molecule has 0 amide bonds. The fourth-order valence-electron chi connectivity index (χ4n) is 2.09. The minimum Gasteiger partial charge on any atom is -0.480 e. The lowest BCUT2D eigenvalue weighted by molar-refractivity contribution is -0.170. The van der Waals surface area contributed by atoms with E-state index in [1.807, 2.05) is 0 Å². The van der Waals surface area contributed by atoms with Gasteiger partial charge >= 0.3 is 11.9 Å². The highest BCUT2D eigenvalue weighted by molar-refractivity contribution is 5.98. The van der Waals surface area contributed by atoms with Gasteiger partial charge in [-0.25, -0.2) is 0 Å². The molecule has 4 N–H and O–H groups in total. The van der Waals surface area contributed by atoms with Crippen molar-refractivity contribution in [2.24, 2.45) is 10.8 Å². The number of carboxylic acids is 2. The predicted octanol–water partition coefficient (Wildman–Crippen LogP) is -0.313. The Morgan fingerprint density at radius 1 is 0.875 bits per heavy atom. The summed E-state index contributed by atoms with van der Waals surface area (Å²) in [5.74, 6) is -2.69. The van der Waals surface area contributed by atoms with Gasteiger partial charge in [0.15, 0.2) is 5.41 Å². The molecule has 1 saturated carbocycles. The van der Waals surface area contributed by atoms with Crippen molar-refractivity contribution in [3.05, 3.63) is 0 Å². The number of aliphatic hydroxyl groups is 2. The third-order valence-electron chi connectivity index (χ3n) is 3.65. The molecule has 0 atom stereocenters. The van der Waals surface area contributed by atoms with Crippen LogP contribution in [0.5, 0.6) is 0 Å². The van der Waals surface area contributed by atoms with Crippen molar-refractivity contribution >= 4 is 11.9 Å². The quantitative estimate of drug-likeness (QED) is 0.494. The average Bonchev–Trinajstić information content (AvgIpc) is 2.28. The molecule has 0 heterocycles. The Bertz CT molecular complexity index is 268. The monoisotopic (exact) mass is 232 g/mol. The lowest BCUT2D eigenvalue weighted by Gasteiger charge is -2.40. The molecule has 92 valence electrons. The van der Waals surface area contributed by atoms with Crippen molar-refractivity contribution in [3.63, 3.8) is 0 Å². The first-order chi connectivity index (χ1) is 7.42. The van der Waals surface area contributed by atoms with Gasteiger partial charge in [-0.15, -0.1) is 0 Å². The van der Waals surface area contributed by atoms with Crippen molar-refractivity contribution in [1.29, 1.82) is 0 Å². The van der Waals surface area contributed by atoms with E-state index in [0.717, 1.165) is 0 Å². The number of carbonyl (C=O) groups is 2. The molecule has 0 aromatic heterocycles. The van der Waals surface area contributed by atoms with Crippen molar-refractivity contribution in [1.82, 2.24) is 0 Å². The van der Waals surface area contributed by atoms with Crippen LogP contribution in [0.15, 0.2) is 0 Å². The van der Waals surface area contributed by atoms with Gasteiger partial charge in [-0.3, -0.25) is 9.59 Å². The van der Waals surface area contributed by atoms with Gasteiger partial charge in [0.05, 0.1) is 13.2 Å². The van der Waals surface area contributed by atoms with Crippen LogP contribution in [-0.2, 0) is 9.59 Å². The van der Waals surface area contributed by atoms with E-state index in [1.54, 1.807) is 0 Å². The zero-order chi connectivity index (χ0) is 12.4. The number of hydrogen-bond donors (Lipinski definition) is 4. The molecule has 0 aliphatic heterocycles. The van der Waals surface area contributed by atoms with Crippen LogP contribution >= 0.6 is 0 Å². The topological polar surface area (TPSA) is 115 Å². The van der Waals surface area contributed by atoms with Crippen LogP contribution < -0.4 is 0 Å². The maximum absolute atomic E-state index is 11.0. The lowest BCUT2D eigenvalue weighted by atomic mass is 9.64. The van der Waals surface area contributed by atoms with Gasteiger partial charge in [0.1, 0.15) is 0 Å². The van der Waals surface area contributed by atoms with E-state index < -0.39 is 22.8 Å². The number of hydrogen-bond acceptors (Lipinski definition) is 4. The van der Waals surface area contributed by atoms with Crippen LogP contribution in [0.1, 0.15) is 25.7 Å². The van der Waals surface area contributed by atoms with Gasteiger partial charge in [0.25, 0.3) is 0 Å². The maximum atomic E-state index is 11.0. The van der Waals surface area contributed by atoms with Crippen LogP contribution in [0.3, 0.4) is 0 Å². The minimum absolute atomic E-state index is 0.0568. The van der Waals surface area contributed by atoms with Gasteiger partial charge < -0.3 is 20.4 Å². The van der Waals surface area contributed by atoms with Crippen LogP contribution in [-0.4, -0.2) is 45.6 Å². The smallest absolute Gasteiger partial charge is 0.321 e. The SMILES string of the molecule is O=C(O)C1(C(=O)O)CCC(CO)(CO)CC1. The van der Waals surface area contributed by atoms with Crippen molar-refractivity contribution < 1.29 is 30.0 Å².